The van der Waals surface area contributed by atoms with Crippen LogP contribution in [0.25, 0.3) is 0 Å². The van der Waals surface area contributed by atoms with Gasteiger partial charge in [0.1, 0.15) is 35.7 Å². The summed E-state index contributed by atoms with van der Waals surface area (Å²) in [5.74, 6) is 12.0. The van der Waals surface area contributed by atoms with Crippen LogP contribution < -0.4 is 48.7 Å². The van der Waals surface area contributed by atoms with Crippen molar-refractivity contribution in [2.24, 2.45) is 27.8 Å². The summed E-state index contributed by atoms with van der Waals surface area (Å²) >= 11 is 6.08. The normalized spacial score (nSPS) is 23.3. The number of nitrogens with two attached hydrogens (primary N) is 3. The predicted molar refractivity (Wildman–Crippen MR) is 164 cm³/mol. The number of hydrogen-bond acceptors (Lipinski definition) is 11. The van der Waals surface area contributed by atoms with Crippen molar-refractivity contribution in [1.82, 2.24) is 36.5 Å². The van der Waals surface area contributed by atoms with Crippen molar-refractivity contribution in [3.8, 4) is 5.75 Å². The third-order valence-corrected chi connectivity index (χ3v) is 8.31. The number of hydrazine groups is 1. The highest BCUT2D eigenvalue weighted by Crippen LogP contribution is 2.28. The molecule has 3 atom stereocenters. The number of benzene rings is 2. The fourth-order valence-corrected chi connectivity index (χ4v) is 5.75. The third kappa shape index (κ3) is 7.60. The topological polar surface area (TPSA) is 213 Å². The highest BCUT2D eigenvalue weighted by atomic mass is 35.5. The minimum atomic E-state index is -0.927. The van der Waals surface area contributed by atoms with Crippen LogP contribution in [0.15, 0.2) is 75.9 Å². The quantitative estimate of drug-likeness (QED) is 0.0811. The maximum atomic E-state index is 13.1. The number of halogens is 1. The molecule has 11 N–H and O–H groups in total. The monoisotopic (exact) mass is 626 g/mol. The largest absolute Gasteiger partial charge is 0.489 e. The summed E-state index contributed by atoms with van der Waals surface area (Å²) < 4.78 is 5.92. The first-order valence-electron chi connectivity index (χ1n) is 14.4. The summed E-state index contributed by atoms with van der Waals surface area (Å²) in [6.07, 6.45) is 0.514. The number of carbonyl (C=O) groups is 2. The van der Waals surface area contributed by atoms with Gasteiger partial charge in [0.05, 0.1) is 0 Å². The molecular formula is C28H39ClN12O3. The van der Waals surface area contributed by atoms with Gasteiger partial charge in [0.2, 0.25) is 5.91 Å². The Kier molecular flexibility index (Phi) is 9.89. The number of amides is 3. The van der Waals surface area contributed by atoms with Gasteiger partial charge in [0.15, 0.2) is 6.17 Å². The summed E-state index contributed by atoms with van der Waals surface area (Å²) in [7, 11) is 0. The van der Waals surface area contributed by atoms with Crippen molar-refractivity contribution in [2.75, 3.05) is 26.2 Å². The minimum Gasteiger partial charge on any atom is -0.489 e. The number of ether oxygens (including phenoxy) is 1. The summed E-state index contributed by atoms with van der Waals surface area (Å²) in [6, 6.07) is 16.9. The summed E-state index contributed by atoms with van der Waals surface area (Å²) in [6.45, 7) is 2.59. The van der Waals surface area contributed by atoms with Crippen molar-refractivity contribution in [3.05, 3.63) is 76.7 Å². The van der Waals surface area contributed by atoms with Crippen LogP contribution in [0.2, 0.25) is 0 Å². The smallest absolute Gasteiger partial charge is 0.317 e. The summed E-state index contributed by atoms with van der Waals surface area (Å²) in [4.78, 5) is 27.8. The molecule has 15 nitrogen and oxygen atoms in total. The van der Waals surface area contributed by atoms with Crippen molar-refractivity contribution >= 4 is 23.5 Å². The highest BCUT2D eigenvalue weighted by Gasteiger charge is 2.46. The van der Waals surface area contributed by atoms with Crippen molar-refractivity contribution in [1.29, 1.82) is 0 Å². The molecule has 1 spiro atoms. The van der Waals surface area contributed by atoms with Gasteiger partial charge in [-0.15, -0.1) is 5.11 Å². The lowest BCUT2D eigenvalue weighted by Crippen LogP contribution is -2.64. The van der Waals surface area contributed by atoms with Gasteiger partial charge in [-0.1, -0.05) is 59.3 Å². The van der Waals surface area contributed by atoms with Gasteiger partial charge in [-0.25, -0.2) is 9.80 Å². The average Bonchev–Trinajstić information content (AvgIpc) is 3.32. The second-order valence-corrected chi connectivity index (χ2v) is 11.4. The van der Waals surface area contributed by atoms with Gasteiger partial charge in [0, 0.05) is 31.7 Å². The predicted octanol–water partition coefficient (Wildman–Crippen LogP) is 0.0685. The first-order valence-corrected chi connectivity index (χ1v) is 14.8. The lowest BCUT2D eigenvalue weighted by Gasteiger charge is -2.39. The Balaban J connectivity index is 1.06. The lowest BCUT2D eigenvalue weighted by atomic mass is 9.88. The molecule has 2 aromatic carbocycles. The maximum Gasteiger partial charge on any atom is 0.317 e. The molecule has 236 valence electrons. The van der Waals surface area contributed by atoms with Gasteiger partial charge < -0.3 is 42.5 Å². The summed E-state index contributed by atoms with van der Waals surface area (Å²) in [5, 5.41) is 23.7. The number of piperidine rings is 1. The van der Waals surface area contributed by atoms with E-state index in [2.05, 4.69) is 36.9 Å². The molecule has 2 fully saturated rings. The second kappa shape index (κ2) is 14.0. The average molecular weight is 627 g/mol. The molecule has 3 unspecified atom stereocenters. The molecule has 0 aliphatic carbocycles. The first kappa shape index (κ1) is 31.1. The molecule has 44 heavy (non-hydrogen) atoms. The number of likely N-dealkylation sites (tertiary alicyclic amines) is 1. The molecule has 3 aliphatic rings. The van der Waals surface area contributed by atoms with Crippen molar-refractivity contribution < 1.29 is 14.3 Å². The zero-order valence-electron chi connectivity index (χ0n) is 24.2. The van der Waals surface area contributed by atoms with Crippen molar-refractivity contribution in [3.63, 3.8) is 0 Å². The molecule has 2 saturated heterocycles. The van der Waals surface area contributed by atoms with Gasteiger partial charge >= 0.3 is 6.03 Å². The van der Waals surface area contributed by atoms with Gasteiger partial charge in [0.25, 0.3) is 0 Å². The molecule has 0 radical (unpaired) electrons. The fraction of sp³-hybridized carbons (Fsp3) is 0.429. The maximum absolute atomic E-state index is 13.1. The number of nitrogens with one attached hydrogen (secondary N) is 5. The van der Waals surface area contributed by atoms with E-state index in [0.717, 1.165) is 16.9 Å². The van der Waals surface area contributed by atoms with Crippen LogP contribution in [0.4, 0.5) is 4.79 Å². The van der Waals surface area contributed by atoms with Crippen LogP contribution in [0, 0.1) is 0 Å². The van der Waals surface area contributed by atoms with E-state index in [0.29, 0.717) is 52.0 Å². The molecule has 3 aliphatic heterocycles. The Morgan fingerprint density at radius 1 is 1.09 bits per heavy atom. The van der Waals surface area contributed by atoms with E-state index < -0.39 is 24.4 Å². The zero-order chi connectivity index (χ0) is 31.1. The second-order valence-electron chi connectivity index (χ2n) is 11.1. The van der Waals surface area contributed by atoms with E-state index in [-0.39, 0.29) is 22.5 Å². The molecule has 2 aromatic rings. The molecule has 0 bridgehead atoms. The van der Waals surface area contributed by atoms with Crippen LogP contribution in [0.1, 0.15) is 24.0 Å². The molecule has 16 heteroatoms. The standard InChI is InChI=1S/C28H39ClN12O3/c29-22-23(30)35-24(38-39-31)21(34-22)25(42)36-26-37-28(17-41(26)32)10-13-40(14-11-28)27(43)33-12-9-18-7-4-8-20(15-18)44-16-19-5-2-1-3-6-19/h1-8,15,21,24,26,34-35,37H,9-14,16-17,30,32H2,(H2,31,38)(H,33,43)(H,36,42). The number of nitrogens with zero attached hydrogens (tertiary/aromatic N) is 4. The molecular weight excluding hydrogens is 588 g/mol. The van der Waals surface area contributed by atoms with E-state index in [1.54, 1.807) is 4.90 Å². The lowest BCUT2D eigenvalue weighted by molar-refractivity contribution is -0.125. The van der Waals surface area contributed by atoms with Crippen LogP contribution in [-0.4, -0.2) is 72.1 Å². The van der Waals surface area contributed by atoms with Crippen molar-refractivity contribution in [2.45, 2.75) is 49.9 Å². The fourth-order valence-electron chi connectivity index (χ4n) is 5.58. The Bertz CT molecular complexity index is 1370. The number of rotatable bonds is 9. The van der Waals surface area contributed by atoms with E-state index in [4.69, 9.17) is 33.8 Å². The van der Waals surface area contributed by atoms with Crippen LogP contribution >= 0.6 is 11.6 Å². The highest BCUT2D eigenvalue weighted by molar-refractivity contribution is 6.29. The Labute approximate surface area is 260 Å². The number of urea groups is 1. The minimum absolute atomic E-state index is 0.0843. The third-order valence-electron chi connectivity index (χ3n) is 7.99. The molecule has 3 heterocycles. The Morgan fingerprint density at radius 3 is 2.59 bits per heavy atom. The van der Waals surface area contributed by atoms with Crippen LogP contribution in [-0.2, 0) is 17.8 Å². The zero-order valence-corrected chi connectivity index (χ0v) is 25.0. The van der Waals surface area contributed by atoms with E-state index >= 15 is 0 Å². The van der Waals surface area contributed by atoms with Gasteiger partial charge in [-0.3, -0.25) is 16.0 Å². The molecule has 0 aromatic heterocycles. The van der Waals surface area contributed by atoms with Crippen LogP contribution in [0.3, 0.4) is 0 Å². The van der Waals surface area contributed by atoms with E-state index in [1.165, 1.54) is 5.01 Å². The van der Waals surface area contributed by atoms with Crippen LogP contribution in [0.5, 0.6) is 5.75 Å². The molecule has 5 rings (SSSR count). The number of carbonyl (C=O) groups excluding carboxylic acids is 2. The first-order chi connectivity index (χ1) is 21.2. The Morgan fingerprint density at radius 2 is 1.84 bits per heavy atom. The van der Waals surface area contributed by atoms with Gasteiger partial charge in [-0.05, 0) is 42.5 Å². The molecule has 3 amide bonds. The Hall–Kier alpha value is -4.31. The summed E-state index contributed by atoms with van der Waals surface area (Å²) in [5.41, 5.74) is 7.61. The molecule has 0 saturated carbocycles. The van der Waals surface area contributed by atoms with E-state index in [1.807, 2.05) is 54.6 Å². The van der Waals surface area contributed by atoms with Gasteiger partial charge in [-0.2, -0.15) is 0 Å². The van der Waals surface area contributed by atoms with E-state index in [9.17, 15) is 9.59 Å². The number of hydrogen-bond donors (Lipinski definition) is 8. The SMILES string of the molecule is NN=NC1NC(N)=C(Cl)NC1C(=O)NC1NC2(CCN(C(=O)NCCc3cccc(OCc4ccccc4)c3)CC2)CN1N.